The Kier molecular flexibility index (Phi) is 5.13. The van der Waals surface area contributed by atoms with E-state index in [0.29, 0.717) is 6.42 Å². The Labute approximate surface area is 127 Å². The minimum atomic E-state index is -1.23. The van der Waals surface area contributed by atoms with E-state index in [4.69, 9.17) is 10.8 Å². The van der Waals surface area contributed by atoms with Crippen molar-refractivity contribution in [1.82, 2.24) is 10.3 Å². The Balaban J connectivity index is 2.05. The van der Waals surface area contributed by atoms with Crippen molar-refractivity contribution in [3.8, 4) is 0 Å². The van der Waals surface area contributed by atoms with Gasteiger partial charge in [-0.1, -0.05) is 18.2 Å². The molecule has 2 rings (SSSR count). The van der Waals surface area contributed by atoms with Crippen molar-refractivity contribution in [2.75, 3.05) is 0 Å². The molecule has 1 aromatic carbocycles. The molecule has 2 atom stereocenters. The SMILES string of the molecule is NC(O)[C@H](Cc1c[nH]c2ccccc12)NC(=O)CCC(=O)O. The number of aromatic amines is 1. The van der Waals surface area contributed by atoms with Crippen molar-refractivity contribution >= 4 is 22.8 Å². The fraction of sp³-hybridized carbons (Fsp3) is 0.333. The van der Waals surface area contributed by atoms with Crippen LogP contribution in [0.15, 0.2) is 30.5 Å². The van der Waals surface area contributed by atoms with Crippen molar-refractivity contribution < 1.29 is 19.8 Å². The predicted octanol–water partition coefficient (Wildman–Crippen LogP) is 0.337. The Bertz CT molecular complexity index is 666. The van der Waals surface area contributed by atoms with Gasteiger partial charge in [-0.2, -0.15) is 0 Å². The van der Waals surface area contributed by atoms with Gasteiger partial charge in [0.1, 0.15) is 6.23 Å². The average Bonchev–Trinajstić information content (AvgIpc) is 2.87. The van der Waals surface area contributed by atoms with E-state index in [1.165, 1.54) is 0 Å². The van der Waals surface area contributed by atoms with E-state index >= 15 is 0 Å². The number of fused-ring (bicyclic) bond motifs is 1. The second-order valence-corrected chi connectivity index (χ2v) is 5.12. The topological polar surface area (TPSA) is 128 Å². The lowest BCUT2D eigenvalue weighted by Gasteiger charge is -2.21. The zero-order valence-corrected chi connectivity index (χ0v) is 12.0. The molecule has 0 saturated heterocycles. The smallest absolute Gasteiger partial charge is 0.303 e. The molecule has 0 aliphatic rings. The van der Waals surface area contributed by atoms with Crippen LogP contribution in [0.1, 0.15) is 18.4 Å². The van der Waals surface area contributed by atoms with Gasteiger partial charge in [0.15, 0.2) is 0 Å². The van der Waals surface area contributed by atoms with Gasteiger partial charge in [-0.25, -0.2) is 0 Å². The second kappa shape index (κ2) is 7.06. The van der Waals surface area contributed by atoms with Crippen LogP contribution >= 0.6 is 0 Å². The lowest BCUT2D eigenvalue weighted by molar-refractivity contribution is -0.139. The minimum Gasteiger partial charge on any atom is -0.481 e. The van der Waals surface area contributed by atoms with Gasteiger partial charge in [0.25, 0.3) is 0 Å². The molecule has 2 aromatic rings. The first-order valence-electron chi connectivity index (χ1n) is 6.97. The fourth-order valence-electron chi connectivity index (χ4n) is 2.29. The molecule has 118 valence electrons. The predicted molar refractivity (Wildman–Crippen MR) is 81.0 cm³/mol. The van der Waals surface area contributed by atoms with E-state index in [-0.39, 0.29) is 12.8 Å². The number of carbonyl (C=O) groups excluding carboxylic acids is 1. The number of aliphatic hydroxyl groups is 1. The summed E-state index contributed by atoms with van der Waals surface area (Å²) in [5.74, 6) is -1.49. The molecule has 0 aliphatic heterocycles. The molecule has 0 spiro atoms. The van der Waals surface area contributed by atoms with Gasteiger partial charge < -0.3 is 26.2 Å². The third-order valence-corrected chi connectivity index (χ3v) is 3.44. The van der Waals surface area contributed by atoms with Crippen LogP contribution in [-0.2, 0) is 16.0 Å². The molecule has 0 bridgehead atoms. The Morgan fingerprint density at radius 2 is 2.00 bits per heavy atom. The summed E-state index contributed by atoms with van der Waals surface area (Å²) in [5.41, 5.74) is 7.39. The first kappa shape index (κ1) is 16.0. The highest BCUT2D eigenvalue weighted by atomic mass is 16.4. The molecule has 22 heavy (non-hydrogen) atoms. The summed E-state index contributed by atoms with van der Waals surface area (Å²) in [5, 5.41) is 21.8. The molecule has 1 aromatic heterocycles. The van der Waals surface area contributed by atoms with E-state index in [0.717, 1.165) is 16.5 Å². The van der Waals surface area contributed by atoms with E-state index in [9.17, 15) is 14.7 Å². The molecule has 1 unspecified atom stereocenters. The van der Waals surface area contributed by atoms with Crippen molar-refractivity contribution in [3.05, 3.63) is 36.0 Å². The van der Waals surface area contributed by atoms with Gasteiger partial charge in [0.2, 0.25) is 5.91 Å². The van der Waals surface area contributed by atoms with Gasteiger partial charge in [-0.15, -0.1) is 0 Å². The number of aliphatic carboxylic acids is 1. The molecule has 1 amide bonds. The zero-order valence-electron chi connectivity index (χ0n) is 12.0. The van der Waals surface area contributed by atoms with Gasteiger partial charge >= 0.3 is 5.97 Å². The molecule has 0 saturated carbocycles. The maximum absolute atomic E-state index is 11.7. The largest absolute Gasteiger partial charge is 0.481 e. The number of H-pyrrole nitrogens is 1. The van der Waals surface area contributed by atoms with Crippen LogP contribution in [-0.4, -0.2) is 39.3 Å². The van der Waals surface area contributed by atoms with Crippen LogP contribution in [0.4, 0.5) is 0 Å². The van der Waals surface area contributed by atoms with Crippen molar-refractivity contribution in [2.45, 2.75) is 31.5 Å². The molecule has 0 fully saturated rings. The van der Waals surface area contributed by atoms with E-state index in [2.05, 4.69) is 10.3 Å². The molecule has 1 heterocycles. The summed E-state index contributed by atoms with van der Waals surface area (Å²) in [4.78, 5) is 25.3. The summed E-state index contributed by atoms with van der Waals surface area (Å²) in [6, 6.07) is 7.00. The van der Waals surface area contributed by atoms with Crippen LogP contribution < -0.4 is 11.1 Å². The summed E-state index contributed by atoms with van der Waals surface area (Å²) in [7, 11) is 0. The number of carbonyl (C=O) groups is 2. The average molecular weight is 305 g/mol. The Morgan fingerprint density at radius 3 is 2.68 bits per heavy atom. The standard InChI is InChI=1S/C15H19N3O4/c16-15(22)12(18-13(19)5-6-14(20)21)7-9-8-17-11-4-2-1-3-10(9)11/h1-4,8,12,15,17,22H,5-7,16H2,(H,18,19)(H,20,21)/t12-,15?/m0/s1. The third-order valence-electron chi connectivity index (χ3n) is 3.44. The van der Waals surface area contributed by atoms with Gasteiger partial charge in [-0.05, 0) is 18.1 Å². The van der Waals surface area contributed by atoms with Crippen LogP contribution in [0, 0.1) is 0 Å². The van der Waals surface area contributed by atoms with Crippen LogP contribution in [0.5, 0.6) is 0 Å². The first-order valence-corrected chi connectivity index (χ1v) is 6.97. The number of hydrogen-bond donors (Lipinski definition) is 5. The lowest BCUT2D eigenvalue weighted by Crippen LogP contribution is -2.48. The Morgan fingerprint density at radius 1 is 1.27 bits per heavy atom. The molecular formula is C15H19N3O4. The monoisotopic (exact) mass is 305 g/mol. The lowest BCUT2D eigenvalue weighted by atomic mass is 10.0. The highest BCUT2D eigenvalue weighted by molar-refractivity contribution is 5.83. The first-order chi connectivity index (χ1) is 10.5. The maximum Gasteiger partial charge on any atom is 0.303 e. The summed E-state index contributed by atoms with van der Waals surface area (Å²) in [6.07, 6.45) is 0.519. The molecule has 0 aliphatic carbocycles. The van der Waals surface area contributed by atoms with Crippen LogP contribution in [0.2, 0.25) is 0 Å². The van der Waals surface area contributed by atoms with Gasteiger partial charge in [0.05, 0.1) is 12.5 Å². The summed E-state index contributed by atoms with van der Waals surface area (Å²) < 4.78 is 0. The fourth-order valence-corrected chi connectivity index (χ4v) is 2.29. The minimum absolute atomic E-state index is 0.146. The van der Waals surface area contributed by atoms with Crippen molar-refractivity contribution in [2.24, 2.45) is 5.73 Å². The number of nitrogens with one attached hydrogen (secondary N) is 2. The van der Waals surface area contributed by atoms with Gasteiger partial charge in [0, 0.05) is 23.5 Å². The van der Waals surface area contributed by atoms with Crippen LogP contribution in [0.25, 0.3) is 10.9 Å². The van der Waals surface area contributed by atoms with Gasteiger partial charge in [-0.3, -0.25) is 9.59 Å². The summed E-state index contributed by atoms with van der Waals surface area (Å²) >= 11 is 0. The highest BCUT2D eigenvalue weighted by Gasteiger charge is 2.20. The molecule has 6 N–H and O–H groups in total. The number of amides is 1. The van der Waals surface area contributed by atoms with E-state index in [1.54, 1.807) is 0 Å². The number of carboxylic acids is 1. The van der Waals surface area contributed by atoms with Crippen molar-refractivity contribution in [3.63, 3.8) is 0 Å². The van der Waals surface area contributed by atoms with Crippen molar-refractivity contribution in [1.29, 1.82) is 0 Å². The number of nitrogens with two attached hydrogens (primary N) is 1. The zero-order chi connectivity index (χ0) is 16.1. The molecule has 7 nitrogen and oxygen atoms in total. The number of rotatable bonds is 7. The van der Waals surface area contributed by atoms with E-state index < -0.39 is 24.1 Å². The highest BCUT2D eigenvalue weighted by Crippen LogP contribution is 2.19. The number of hydrogen-bond acceptors (Lipinski definition) is 4. The van der Waals surface area contributed by atoms with E-state index in [1.807, 2.05) is 30.5 Å². The molecule has 7 heteroatoms. The number of aromatic nitrogens is 1. The number of para-hydroxylation sites is 1. The Hall–Kier alpha value is -2.38. The normalized spacial score (nSPS) is 13.7. The number of benzene rings is 1. The molecule has 0 radical (unpaired) electrons. The number of aliphatic hydroxyl groups excluding tert-OH is 1. The molecular weight excluding hydrogens is 286 g/mol. The third kappa shape index (κ3) is 4.06. The summed E-state index contributed by atoms with van der Waals surface area (Å²) in [6.45, 7) is 0. The second-order valence-electron chi connectivity index (χ2n) is 5.12. The van der Waals surface area contributed by atoms with Crippen LogP contribution in [0.3, 0.4) is 0 Å². The number of carboxylic acid groups (broad SMARTS) is 1. The maximum atomic E-state index is 11.7. The quantitative estimate of drug-likeness (QED) is 0.471.